The molecule has 8 saturated heterocycles. The van der Waals surface area contributed by atoms with E-state index in [1.165, 1.54) is 12.8 Å². The molecular formula is C75H148N8O9. The van der Waals surface area contributed by atoms with E-state index in [1.807, 2.05) is 35.5 Å². The largest absolute Gasteiger partial charge is 0.390 e. The Balaban J connectivity index is 0.000000527. The van der Waals surface area contributed by atoms with E-state index in [-0.39, 0.29) is 57.3 Å². The fourth-order valence-corrected chi connectivity index (χ4v) is 11.4. The van der Waals surface area contributed by atoms with Crippen LogP contribution in [0.5, 0.6) is 0 Å². The molecule has 0 spiro atoms. The summed E-state index contributed by atoms with van der Waals surface area (Å²) in [5.74, 6) is 2.41. The summed E-state index contributed by atoms with van der Waals surface area (Å²) in [6, 6.07) is 0. The number of hydrogen-bond donors (Lipinski definition) is 1. The number of rotatable bonds is 5. The Morgan fingerprint density at radius 1 is 0.424 bits per heavy atom. The first-order chi connectivity index (χ1) is 41.8. The van der Waals surface area contributed by atoms with Crippen molar-refractivity contribution in [3.05, 3.63) is 0 Å². The molecule has 0 aromatic heterocycles. The van der Waals surface area contributed by atoms with Crippen molar-refractivity contribution in [3.8, 4) is 0 Å². The molecule has 8 fully saturated rings. The number of piperidine rings is 4. The van der Waals surface area contributed by atoms with Gasteiger partial charge < -0.3 is 29.1 Å². The van der Waals surface area contributed by atoms with Crippen LogP contribution in [-0.2, 0) is 38.2 Å². The van der Waals surface area contributed by atoms with Gasteiger partial charge >= 0.3 is 0 Å². The standard InChI is InChI=1S/2C11H23NO.C10H21NO.C9H15NO2.3C9H17NO.C7H15NO/c1-9(2)8-13-10-6-12(7-10)11(3,4)5;1-9(2)10-8-12(6-7-13-10)11(3,4)5;1-5-9-8-11(6-7-12-9)10(2,3)4;1-9(2,3)10-5-7(11)4-8(12)6-10;1-9(2,3)10-6-4-5-8(11)7-10;2*1-9(2,3)10-7-5-4-6-8(10)11;1-7(2,3)8-4-6(9)5-8/h2*9-10H,6-8H2,1-5H3;9H,5-8H2,1-4H3;4-6H2,1-3H3;3*4-7H2,1-3H3;6,9H,4-5H2,1-3H3. The Labute approximate surface area is 566 Å². The average Bonchev–Trinajstić information content (AvgIpc) is 0.921. The fourth-order valence-electron chi connectivity index (χ4n) is 11.4. The molecule has 0 radical (unpaired) electrons. The summed E-state index contributed by atoms with van der Waals surface area (Å²) in [6.07, 6.45) is 10.4. The minimum atomic E-state index is -0.0776. The molecule has 8 rings (SSSR count). The SMILES string of the molecule is CC(C)(C)N1CC(=O)CC(=O)C1.CC(C)(C)N1CC(O)C1.CC(C)(C)N1CCCC(=O)C1.CC(C)(C)N1CCCCC1=O.CC(C)(C)N1CCCCC1=O.CC(C)C1CN(C(C)(C)C)CCO1.CC(C)COC1CN(C(C)(C)C)C1.CCC1CN(C(C)(C)C)CCO1. The summed E-state index contributed by atoms with van der Waals surface area (Å²) in [4.78, 5) is 73.8. The Bertz CT molecular complexity index is 2080. The van der Waals surface area contributed by atoms with Crippen LogP contribution >= 0.6 is 0 Å². The van der Waals surface area contributed by atoms with Crippen molar-refractivity contribution in [3.63, 3.8) is 0 Å². The molecular weight excluding hydrogens is 1160 g/mol. The molecule has 17 nitrogen and oxygen atoms in total. The highest BCUT2D eigenvalue weighted by Crippen LogP contribution is 2.27. The first-order valence-corrected chi connectivity index (χ1v) is 36.0. The van der Waals surface area contributed by atoms with Gasteiger partial charge in [-0.05, 0) is 223 Å². The lowest BCUT2D eigenvalue weighted by molar-refractivity contribution is -0.139. The van der Waals surface area contributed by atoms with Crippen molar-refractivity contribution in [2.75, 3.05) is 111 Å². The first-order valence-electron chi connectivity index (χ1n) is 36.0. The highest BCUT2D eigenvalue weighted by Gasteiger charge is 2.37. The number of carbonyl (C=O) groups excluding carboxylic acids is 5. The first kappa shape index (κ1) is 87.6. The third-order valence-electron chi connectivity index (χ3n) is 18.1. The minimum Gasteiger partial charge on any atom is -0.390 e. The van der Waals surface area contributed by atoms with Gasteiger partial charge in [-0.2, -0.15) is 0 Å². The molecule has 0 aromatic rings. The molecule has 2 unspecified atom stereocenters. The monoisotopic (exact) mass is 1310 g/mol. The van der Waals surface area contributed by atoms with E-state index in [9.17, 15) is 24.0 Å². The quantitative estimate of drug-likeness (QED) is 0.259. The van der Waals surface area contributed by atoms with E-state index < -0.39 is 0 Å². The highest BCUT2D eigenvalue weighted by molar-refractivity contribution is 6.03. The second kappa shape index (κ2) is 38.6. The van der Waals surface area contributed by atoms with Crippen LogP contribution in [-0.4, -0.2) is 254 Å². The third-order valence-corrected chi connectivity index (χ3v) is 18.1. The van der Waals surface area contributed by atoms with E-state index in [0.717, 1.165) is 137 Å². The Hall–Kier alpha value is -2.45. The maximum atomic E-state index is 11.4. The van der Waals surface area contributed by atoms with Gasteiger partial charge in [0.2, 0.25) is 11.8 Å². The number of likely N-dealkylation sites (tertiary alicyclic amines) is 6. The molecule has 0 saturated carbocycles. The van der Waals surface area contributed by atoms with Crippen LogP contribution in [0.4, 0.5) is 0 Å². The van der Waals surface area contributed by atoms with Gasteiger partial charge in [0.25, 0.3) is 0 Å². The number of morpholine rings is 2. The zero-order valence-electron chi connectivity index (χ0n) is 65.3. The summed E-state index contributed by atoms with van der Waals surface area (Å²) < 4.78 is 17.1. The lowest BCUT2D eigenvalue weighted by Gasteiger charge is -2.47. The van der Waals surface area contributed by atoms with Gasteiger partial charge in [0.15, 0.2) is 11.6 Å². The lowest BCUT2D eigenvalue weighted by atomic mass is 9.99. The number of β-amino-alcohol motifs (C(OH)–C–C–N with tert-alkyl or cyclic N) is 1. The van der Waals surface area contributed by atoms with Gasteiger partial charge in [-0.25, -0.2) is 0 Å². The molecule has 542 valence electrons. The van der Waals surface area contributed by atoms with Gasteiger partial charge in [-0.1, -0.05) is 34.6 Å². The van der Waals surface area contributed by atoms with E-state index in [2.05, 4.69) is 205 Å². The van der Waals surface area contributed by atoms with Gasteiger partial charge in [-0.3, -0.25) is 53.4 Å². The van der Waals surface area contributed by atoms with Crippen molar-refractivity contribution >= 4 is 29.2 Å². The smallest absolute Gasteiger partial charge is 0.222 e. The number of Topliss-reactive ketones (excluding diaryl/α,β-unsaturated/α-hetero) is 3. The van der Waals surface area contributed by atoms with Crippen LogP contribution in [0.15, 0.2) is 0 Å². The number of carbonyl (C=O) groups is 5. The molecule has 0 aromatic carbocycles. The van der Waals surface area contributed by atoms with Gasteiger partial charge in [0.05, 0.1) is 63.7 Å². The molecule has 17 heteroatoms. The summed E-state index contributed by atoms with van der Waals surface area (Å²) in [6.45, 7) is 78.4. The Morgan fingerprint density at radius 2 is 0.815 bits per heavy atom. The van der Waals surface area contributed by atoms with E-state index >= 15 is 0 Å². The number of hydrogen-bond acceptors (Lipinski definition) is 15. The number of aliphatic hydroxyl groups is 1. The molecule has 0 bridgehead atoms. The number of amides is 2. The maximum absolute atomic E-state index is 11.4. The summed E-state index contributed by atoms with van der Waals surface area (Å²) in [5, 5.41) is 8.94. The Kier molecular flexibility index (Phi) is 36.8. The van der Waals surface area contributed by atoms with Crippen LogP contribution in [0.3, 0.4) is 0 Å². The molecule has 2 amide bonds. The molecule has 8 aliphatic rings. The average molecular weight is 1310 g/mol. The van der Waals surface area contributed by atoms with Crippen LogP contribution in [0, 0.1) is 11.8 Å². The van der Waals surface area contributed by atoms with Crippen LogP contribution < -0.4 is 0 Å². The van der Waals surface area contributed by atoms with Gasteiger partial charge in [0.1, 0.15) is 5.78 Å². The van der Waals surface area contributed by atoms with Crippen molar-refractivity contribution in [2.24, 2.45) is 11.8 Å². The molecule has 2 atom stereocenters. The molecule has 92 heavy (non-hydrogen) atoms. The zero-order chi connectivity index (χ0) is 71.2. The van der Waals surface area contributed by atoms with Crippen LogP contribution in [0.25, 0.3) is 0 Å². The minimum absolute atomic E-state index is 0.0253. The lowest BCUT2D eigenvalue weighted by Crippen LogP contribution is -2.59. The molecule has 8 heterocycles. The van der Waals surface area contributed by atoms with E-state index in [4.69, 9.17) is 19.3 Å². The molecule has 0 aliphatic carbocycles. The van der Waals surface area contributed by atoms with Crippen molar-refractivity contribution < 1.29 is 43.3 Å². The predicted molar refractivity (Wildman–Crippen MR) is 383 cm³/mol. The third kappa shape index (κ3) is 35.2. The zero-order valence-corrected chi connectivity index (χ0v) is 65.3. The second-order valence-corrected chi connectivity index (χ2v) is 35.8. The van der Waals surface area contributed by atoms with Crippen LogP contribution in [0.2, 0.25) is 0 Å². The van der Waals surface area contributed by atoms with Crippen molar-refractivity contribution in [2.45, 2.75) is 334 Å². The van der Waals surface area contributed by atoms with Gasteiger partial charge in [0, 0.05) is 136 Å². The number of aliphatic hydroxyl groups excluding tert-OH is 1. The summed E-state index contributed by atoms with van der Waals surface area (Å²) in [7, 11) is 0. The molecule has 8 aliphatic heterocycles. The van der Waals surface area contributed by atoms with E-state index in [1.54, 1.807) is 0 Å². The van der Waals surface area contributed by atoms with Gasteiger partial charge in [-0.15, -0.1) is 0 Å². The normalized spacial score (nSPS) is 23.1. The van der Waals surface area contributed by atoms with Crippen LogP contribution in [0.1, 0.15) is 265 Å². The summed E-state index contributed by atoms with van der Waals surface area (Å²) in [5.41, 5.74) is 1.29. The van der Waals surface area contributed by atoms with E-state index in [0.29, 0.717) is 78.5 Å². The summed E-state index contributed by atoms with van der Waals surface area (Å²) >= 11 is 0. The topological polar surface area (TPSA) is 159 Å². The second-order valence-electron chi connectivity index (χ2n) is 35.8. The number of ether oxygens (including phenoxy) is 3. The maximum Gasteiger partial charge on any atom is 0.222 e. The van der Waals surface area contributed by atoms with Crippen molar-refractivity contribution in [1.29, 1.82) is 0 Å². The predicted octanol–water partition coefficient (Wildman–Crippen LogP) is 12.3. The number of nitrogens with zero attached hydrogens (tertiary/aromatic N) is 8. The molecule has 1 N–H and O–H groups in total. The Morgan fingerprint density at radius 3 is 1.13 bits per heavy atom. The van der Waals surface area contributed by atoms with Crippen molar-refractivity contribution in [1.82, 2.24) is 39.2 Å². The fraction of sp³-hybridized carbons (Fsp3) is 0.933. The number of ketones is 3. The highest BCUT2D eigenvalue weighted by atomic mass is 16.5.